The third kappa shape index (κ3) is 3.67. The van der Waals surface area contributed by atoms with Gasteiger partial charge in [0.2, 0.25) is 0 Å². The van der Waals surface area contributed by atoms with Gasteiger partial charge in [0.15, 0.2) is 0 Å². The van der Waals surface area contributed by atoms with Crippen molar-refractivity contribution >= 4 is 0 Å². The van der Waals surface area contributed by atoms with E-state index in [9.17, 15) is 4.39 Å². The molecule has 2 rings (SSSR count). The van der Waals surface area contributed by atoms with Crippen LogP contribution in [-0.4, -0.2) is 9.78 Å². The fourth-order valence-corrected chi connectivity index (χ4v) is 2.06. The molecule has 0 aliphatic heterocycles. The maximum absolute atomic E-state index is 13.2. The minimum Gasteiger partial charge on any atom is -0.304 e. The molecule has 20 heavy (non-hydrogen) atoms. The second-order valence-electron chi connectivity index (χ2n) is 5.20. The zero-order valence-electron chi connectivity index (χ0n) is 12.3. The molecule has 0 radical (unpaired) electrons. The Morgan fingerprint density at radius 3 is 2.80 bits per heavy atom. The van der Waals surface area contributed by atoms with E-state index in [2.05, 4.69) is 24.3 Å². The summed E-state index contributed by atoms with van der Waals surface area (Å²) in [7, 11) is 0. The van der Waals surface area contributed by atoms with Crippen molar-refractivity contribution in [3.05, 3.63) is 53.6 Å². The molecule has 0 saturated carbocycles. The van der Waals surface area contributed by atoms with Crippen LogP contribution in [0.5, 0.6) is 0 Å². The van der Waals surface area contributed by atoms with E-state index in [1.54, 1.807) is 12.1 Å². The minimum absolute atomic E-state index is 0.0967. The van der Waals surface area contributed by atoms with E-state index in [0.717, 1.165) is 17.7 Å². The van der Waals surface area contributed by atoms with E-state index in [1.165, 1.54) is 6.07 Å². The molecule has 1 aromatic carbocycles. The number of halogens is 1. The Morgan fingerprint density at radius 1 is 1.30 bits per heavy atom. The van der Waals surface area contributed by atoms with Gasteiger partial charge >= 0.3 is 0 Å². The molecule has 0 amide bonds. The smallest absolute Gasteiger partial charge is 0.123 e. The molecule has 0 saturated heterocycles. The number of rotatable bonds is 6. The second-order valence-corrected chi connectivity index (χ2v) is 5.20. The standard InChI is InChI=1S/C16H22FN3/c1-4-12(2)20-9-8-16(19-20)11-18-13(3)14-6-5-7-15(17)10-14/h5-10,12-13,18H,4,11H2,1-3H3/t12?,13-/m0/s1. The molecule has 0 fully saturated rings. The molecule has 1 unspecified atom stereocenters. The molecule has 1 N–H and O–H groups in total. The first kappa shape index (κ1) is 14.7. The second kappa shape index (κ2) is 6.66. The van der Waals surface area contributed by atoms with Gasteiger partial charge in [-0.1, -0.05) is 19.1 Å². The van der Waals surface area contributed by atoms with Gasteiger partial charge in [-0.15, -0.1) is 0 Å². The topological polar surface area (TPSA) is 29.9 Å². The van der Waals surface area contributed by atoms with Gasteiger partial charge in [0.05, 0.1) is 5.69 Å². The Kier molecular flexibility index (Phi) is 4.90. The van der Waals surface area contributed by atoms with Crippen molar-refractivity contribution in [1.82, 2.24) is 15.1 Å². The van der Waals surface area contributed by atoms with Crippen LogP contribution in [0.3, 0.4) is 0 Å². The summed E-state index contributed by atoms with van der Waals surface area (Å²) in [6.07, 6.45) is 3.08. The van der Waals surface area contributed by atoms with Crippen molar-refractivity contribution in [2.75, 3.05) is 0 Å². The summed E-state index contributed by atoms with van der Waals surface area (Å²) in [5.74, 6) is -0.197. The molecule has 1 heterocycles. The largest absolute Gasteiger partial charge is 0.304 e. The van der Waals surface area contributed by atoms with E-state index >= 15 is 0 Å². The zero-order valence-corrected chi connectivity index (χ0v) is 12.3. The maximum Gasteiger partial charge on any atom is 0.123 e. The highest BCUT2D eigenvalue weighted by Crippen LogP contribution is 2.14. The number of aromatic nitrogens is 2. The number of benzene rings is 1. The molecule has 0 spiro atoms. The number of nitrogens with zero attached hydrogens (tertiary/aromatic N) is 2. The van der Waals surface area contributed by atoms with Crippen LogP contribution in [-0.2, 0) is 6.54 Å². The van der Waals surface area contributed by atoms with Crippen LogP contribution in [0.25, 0.3) is 0 Å². The Morgan fingerprint density at radius 2 is 2.10 bits per heavy atom. The van der Waals surface area contributed by atoms with Crippen molar-refractivity contribution < 1.29 is 4.39 Å². The average Bonchev–Trinajstić information content (AvgIpc) is 2.92. The van der Waals surface area contributed by atoms with E-state index in [0.29, 0.717) is 12.6 Å². The Hall–Kier alpha value is -1.68. The lowest BCUT2D eigenvalue weighted by atomic mass is 10.1. The van der Waals surface area contributed by atoms with Gasteiger partial charge in [-0.2, -0.15) is 5.10 Å². The molecular weight excluding hydrogens is 253 g/mol. The van der Waals surface area contributed by atoms with Gasteiger partial charge in [-0.05, 0) is 44.0 Å². The Balaban J connectivity index is 1.93. The highest BCUT2D eigenvalue weighted by Gasteiger charge is 2.08. The monoisotopic (exact) mass is 275 g/mol. The molecule has 108 valence electrons. The first-order chi connectivity index (χ1) is 9.60. The van der Waals surface area contributed by atoms with E-state index in [-0.39, 0.29) is 11.9 Å². The van der Waals surface area contributed by atoms with Crippen LogP contribution in [0.15, 0.2) is 36.5 Å². The van der Waals surface area contributed by atoms with Crippen LogP contribution in [0, 0.1) is 5.82 Å². The number of hydrogen-bond donors (Lipinski definition) is 1. The summed E-state index contributed by atoms with van der Waals surface area (Å²) < 4.78 is 15.2. The lowest BCUT2D eigenvalue weighted by Crippen LogP contribution is -2.18. The van der Waals surface area contributed by atoms with Gasteiger partial charge in [0.1, 0.15) is 5.82 Å². The molecule has 2 atom stereocenters. The van der Waals surface area contributed by atoms with Crippen molar-refractivity contribution in [3.8, 4) is 0 Å². The first-order valence-electron chi connectivity index (χ1n) is 7.13. The summed E-state index contributed by atoms with van der Waals surface area (Å²) >= 11 is 0. The summed E-state index contributed by atoms with van der Waals surface area (Å²) in [6.45, 7) is 7.01. The van der Waals surface area contributed by atoms with Crippen LogP contribution < -0.4 is 5.32 Å². The van der Waals surface area contributed by atoms with Gasteiger partial charge in [0.25, 0.3) is 0 Å². The lowest BCUT2D eigenvalue weighted by molar-refractivity contribution is 0.468. The van der Waals surface area contributed by atoms with Crippen molar-refractivity contribution in [3.63, 3.8) is 0 Å². The molecule has 0 aliphatic rings. The highest BCUT2D eigenvalue weighted by molar-refractivity contribution is 5.19. The molecule has 2 aromatic rings. The lowest BCUT2D eigenvalue weighted by Gasteiger charge is -2.13. The highest BCUT2D eigenvalue weighted by atomic mass is 19.1. The Labute approximate surface area is 119 Å². The van der Waals surface area contributed by atoms with Crippen LogP contribution in [0.1, 0.15) is 50.5 Å². The molecular formula is C16H22FN3. The average molecular weight is 275 g/mol. The zero-order chi connectivity index (χ0) is 14.5. The van der Waals surface area contributed by atoms with Crippen LogP contribution in [0.2, 0.25) is 0 Å². The number of nitrogens with one attached hydrogen (secondary N) is 1. The number of hydrogen-bond acceptors (Lipinski definition) is 2. The van der Waals surface area contributed by atoms with Crippen LogP contribution in [0.4, 0.5) is 4.39 Å². The van der Waals surface area contributed by atoms with Gasteiger partial charge in [-0.3, -0.25) is 4.68 Å². The van der Waals surface area contributed by atoms with E-state index in [1.807, 2.05) is 29.9 Å². The first-order valence-corrected chi connectivity index (χ1v) is 7.13. The maximum atomic E-state index is 13.2. The molecule has 4 heteroatoms. The quantitative estimate of drug-likeness (QED) is 0.868. The third-order valence-electron chi connectivity index (χ3n) is 3.64. The van der Waals surface area contributed by atoms with Crippen molar-refractivity contribution in [2.24, 2.45) is 0 Å². The third-order valence-corrected chi connectivity index (χ3v) is 3.64. The summed E-state index contributed by atoms with van der Waals surface area (Å²) in [4.78, 5) is 0. The van der Waals surface area contributed by atoms with Crippen molar-refractivity contribution in [2.45, 2.75) is 45.8 Å². The van der Waals surface area contributed by atoms with E-state index < -0.39 is 0 Å². The molecule has 0 aliphatic carbocycles. The summed E-state index contributed by atoms with van der Waals surface area (Å²) in [6, 6.07) is 9.24. The summed E-state index contributed by atoms with van der Waals surface area (Å²) in [5, 5.41) is 7.91. The van der Waals surface area contributed by atoms with Gasteiger partial charge < -0.3 is 5.32 Å². The predicted molar refractivity (Wildman–Crippen MR) is 78.9 cm³/mol. The Bertz CT molecular complexity index is 550. The van der Waals surface area contributed by atoms with E-state index in [4.69, 9.17) is 0 Å². The normalized spacial score (nSPS) is 14.2. The fourth-order valence-electron chi connectivity index (χ4n) is 2.06. The van der Waals surface area contributed by atoms with Crippen LogP contribution >= 0.6 is 0 Å². The van der Waals surface area contributed by atoms with Crippen molar-refractivity contribution in [1.29, 1.82) is 0 Å². The van der Waals surface area contributed by atoms with Gasteiger partial charge in [0, 0.05) is 24.8 Å². The molecule has 1 aromatic heterocycles. The summed E-state index contributed by atoms with van der Waals surface area (Å²) in [5.41, 5.74) is 1.96. The minimum atomic E-state index is -0.197. The molecule has 3 nitrogen and oxygen atoms in total. The molecule has 0 bridgehead atoms. The fraction of sp³-hybridized carbons (Fsp3) is 0.438. The SMILES string of the molecule is CCC(C)n1ccc(CN[C@@H](C)c2cccc(F)c2)n1. The predicted octanol–water partition coefficient (Wildman–Crippen LogP) is 3.84. The van der Waals surface area contributed by atoms with Gasteiger partial charge in [-0.25, -0.2) is 4.39 Å².